The van der Waals surface area contributed by atoms with Crippen LogP contribution in [-0.2, 0) is 0 Å². The first-order valence-corrected chi connectivity index (χ1v) is 7.23. The predicted octanol–water partition coefficient (Wildman–Crippen LogP) is 5.07. The summed E-state index contributed by atoms with van der Waals surface area (Å²) in [6.45, 7) is 4.18. The zero-order chi connectivity index (χ0) is 13.8. The van der Waals surface area contributed by atoms with Gasteiger partial charge < -0.3 is 0 Å². The highest BCUT2D eigenvalue weighted by Gasteiger charge is 2.24. The molecule has 0 N–H and O–H groups in total. The predicted molar refractivity (Wildman–Crippen MR) is 82.5 cm³/mol. The third kappa shape index (κ3) is 3.32. The molecular formula is C17H17BrO. The average Bonchev–Trinajstić information content (AvgIpc) is 2.40. The van der Waals surface area contributed by atoms with Crippen LogP contribution in [0, 0.1) is 5.92 Å². The van der Waals surface area contributed by atoms with Crippen molar-refractivity contribution in [1.29, 1.82) is 0 Å². The molecule has 0 saturated carbocycles. The number of carbonyl (C=O) groups excluding carboxylic acids is 1. The van der Waals surface area contributed by atoms with Crippen LogP contribution in [0.4, 0.5) is 0 Å². The summed E-state index contributed by atoms with van der Waals surface area (Å²) in [6.07, 6.45) is 0. The van der Waals surface area contributed by atoms with Crippen LogP contribution in [0.1, 0.15) is 35.7 Å². The van der Waals surface area contributed by atoms with Gasteiger partial charge in [0.1, 0.15) is 0 Å². The first-order valence-electron chi connectivity index (χ1n) is 6.44. The minimum Gasteiger partial charge on any atom is -0.293 e. The summed E-state index contributed by atoms with van der Waals surface area (Å²) < 4.78 is 0.991. The molecule has 2 aromatic rings. The SMILES string of the molecule is CC(C)C(C(=O)c1ccc(Br)cc1)c1ccccc1. The molecule has 1 nitrogen and oxygen atoms in total. The Hall–Kier alpha value is -1.41. The van der Waals surface area contributed by atoms with Crippen LogP contribution < -0.4 is 0 Å². The van der Waals surface area contributed by atoms with Crippen LogP contribution in [0.25, 0.3) is 0 Å². The number of halogens is 1. The molecule has 19 heavy (non-hydrogen) atoms. The Morgan fingerprint density at radius 3 is 2.05 bits per heavy atom. The minimum absolute atomic E-state index is 0.0811. The van der Waals surface area contributed by atoms with Crippen molar-refractivity contribution in [2.45, 2.75) is 19.8 Å². The molecule has 0 radical (unpaired) electrons. The molecule has 1 unspecified atom stereocenters. The maximum absolute atomic E-state index is 12.7. The fraction of sp³-hybridized carbons (Fsp3) is 0.235. The monoisotopic (exact) mass is 316 g/mol. The van der Waals surface area contributed by atoms with Gasteiger partial charge in [-0.25, -0.2) is 0 Å². The van der Waals surface area contributed by atoms with E-state index < -0.39 is 0 Å². The molecule has 0 aliphatic rings. The third-order valence-electron chi connectivity index (χ3n) is 3.24. The van der Waals surface area contributed by atoms with Gasteiger partial charge >= 0.3 is 0 Å². The van der Waals surface area contributed by atoms with Gasteiger partial charge in [-0.1, -0.05) is 72.2 Å². The zero-order valence-electron chi connectivity index (χ0n) is 11.1. The van der Waals surface area contributed by atoms with E-state index >= 15 is 0 Å². The lowest BCUT2D eigenvalue weighted by atomic mass is 9.82. The average molecular weight is 317 g/mol. The van der Waals surface area contributed by atoms with Crippen LogP contribution in [0.3, 0.4) is 0 Å². The number of ketones is 1. The maximum atomic E-state index is 12.7. The van der Waals surface area contributed by atoms with Gasteiger partial charge in [0, 0.05) is 16.0 Å². The van der Waals surface area contributed by atoms with Crippen LogP contribution in [0.2, 0.25) is 0 Å². The van der Waals surface area contributed by atoms with Gasteiger partial charge in [0.25, 0.3) is 0 Å². The van der Waals surface area contributed by atoms with Crippen LogP contribution in [-0.4, -0.2) is 5.78 Å². The molecule has 0 saturated heterocycles. The molecule has 0 bridgehead atoms. The Morgan fingerprint density at radius 1 is 0.947 bits per heavy atom. The van der Waals surface area contributed by atoms with E-state index in [0.29, 0.717) is 0 Å². The molecule has 1 atom stereocenters. The van der Waals surface area contributed by atoms with E-state index in [2.05, 4.69) is 29.8 Å². The Morgan fingerprint density at radius 2 is 1.53 bits per heavy atom. The molecule has 98 valence electrons. The van der Waals surface area contributed by atoms with Crippen LogP contribution in [0.5, 0.6) is 0 Å². The highest BCUT2D eigenvalue weighted by Crippen LogP contribution is 2.28. The van der Waals surface area contributed by atoms with E-state index in [1.165, 1.54) is 0 Å². The lowest BCUT2D eigenvalue weighted by Crippen LogP contribution is -2.18. The van der Waals surface area contributed by atoms with Crippen molar-refractivity contribution < 1.29 is 4.79 Å². The number of Topliss-reactive ketones (excluding diaryl/α,β-unsaturated/α-hetero) is 1. The molecule has 0 aromatic heterocycles. The zero-order valence-corrected chi connectivity index (χ0v) is 12.7. The lowest BCUT2D eigenvalue weighted by molar-refractivity contribution is 0.0938. The van der Waals surface area contributed by atoms with Gasteiger partial charge in [-0.3, -0.25) is 4.79 Å². The summed E-state index contributed by atoms with van der Waals surface area (Å²) in [5, 5.41) is 0. The largest absolute Gasteiger partial charge is 0.293 e. The summed E-state index contributed by atoms with van der Waals surface area (Å²) in [5.74, 6) is 0.384. The first-order chi connectivity index (χ1) is 9.09. The van der Waals surface area contributed by atoms with Crippen molar-refractivity contribution in [2.24, 2.45) is 5.92 Å². The van der Waals surface area contributed by atoms with Gasteiger partial charge in [-0.15, -0.1) is 0 Å². The quantitative estimate of drug-likeness (QED) is 0.719. The highest BCUT2D eigenvalue weighted by atomic mass is 79.9. The molecule has 0 spiro atoms. The molecule has 2 aromatic carbocycles. The lowest BCUT2D eigenvalue weighted by Gasteiger charge is -2.20. The molecule has 0 heterocycles. The van der Waals surface area contributed by atoms with Crippen molar-refractivity contribution in [3.63, 3.8) is 0 Å². The molecule has 0 aliphatic heterocycles. The Balaban J connectivity index is 2.35. The second-order valence-electron chi connectivity index (χ2n) is 5.00. The van der Waals surface area contributed by atoms with E-state index in [-0.39, 0.29) is 17.6 Å². The first kappa shape index (κ1) is 14.0. The number of hydrogen-bond acceptors (Lipinski definition) is 1. The number of rotatable bonds is 4. The minimum atomic E-state index is -0.0811. The van der Waals surface area contributed by atoms with E-state index in [1.54, 1.807) is 0 Å². The van der Waals surface area contributed by atoms with Gasteiger partial charge in [-0.05, 0) is 23.6 Å². The molecule has 2 rings (SSSR count). The van der Waals surface area contributed by atoms with Crippen molar-refractivity contribution in [2.75, 3.05) is 0 Å². The van der Waals surface area contributed by atoms with E-state index in [1.807, 2.05) is 54.6 Å². The smallest absolute Gasteiger partial charge is 0.170 e. The van der Waals surface area contributed by atoms with E-state index in [4.69, 9.17) is 0 Å². The third-order valence-corrected chi connectivity index (χ3v) is 3.77. The van der Waals surface area contributed by atoms with E-state index in [9.17, 15) is 4.79 Å². The summed E-state index contributed by atoms with van der Waals surface area (Å²) in [7, 11) is 0. The molecule has 0 fully saturated rings. The van der Waals surface area contributed by atoms with Gasteiger partial charge in [0.05, 0.1) is 0 Å². The second-order valence-corrected chi connectivity index (χ2v) is 5.92. The van der Waals surface area contributed by atoms with Crippen molar-refractivity contribution >= 4 is 21.7 Å². The Kier molecular flexibility index (Phi) is 4.54. The molecule has 2 heteroatoms. The summed E-state index contributed by atoms with van der Waals surface area (Å²) in [5.41, 5.74) is 1.86. The number of benzene rings is 2. The Labute approximate surface area is 122 Å². The number of hydrogen-bond donors (Lipinski definition) is 0. The summed E-state index contributed by atoms with van der Waals surface area (Å²) in [6, 6.07) is 17.6. The van der Waals surface area contributed by atoms with Crippen LogP contribution in [0.15, 0.2) is 59.1 Å². The Bertz CT molecular complexity index is 543. The maximum Gasteiger partial charge on any atom is 0.170 e. The number of carbonyl (C=O) groups is 1. The van der Waals surface area contributed by atoms with Crippen molar-refractivity contribution in [3.05, 3.63) is 70.2 Å². The molecule has 0 aliphatic carbocycles. The fourth-order valence-electron chi connectivity index (χ4n) is 2.29. The van der Waals surface area contributed by atoms with Gasteiger partial charge in [0.15, 0.2) is 5.78 Å². The van der Waals surface area contributed by atoms with Crippen molar-refractivity contribution in [3.8, 4) is 0 Å². The normalized spacial score (nSPS) is 12.4. The fourth-order valence-corrected chi connectivity index (χ4v) is 2.56. The summed E-state index contributed by atoms with van der Waals surface area (Å²) in [4.78, 5) is 12.7. The topological polar surface area (TPSA) is 17.1 Å². The van der Waals surface area contributed by atoms with Crippen molar-refractivity contribution in [1.82, 2.24) is 0 Å². The molecular weight excluding hydrogens is 300 g/mol. The molecule has 0 amide bonds. The van der Waals surface area contributed by atoms with Gasteiger partial charge in [0.2, 0.25) is 0 Å². The van der Waals surface area contributed by atoms with E-state index in [0.717, 1.165) is 15.6 Å². The summed E-state index contributed by atoms with van der Waals surface area (Å²) >= 11 is 3.39. The second kappa shape index (κ2) is 6.16. The van der Waals surface area contributed by atoms with Gasteiger partial charge in [-0.2, -0.15) is 0 Å². The standard InChI is InChI=1S/C17H17BrO/c1-12(2)16(13-6-4-3-5-7-13)17(19)14-8-10-15(18)11-9-14/h3-12,16H,1-2H3. The van der Waals surface area contributed by atoms with Crippen LogP contribution >= 0.6 is 15.9 Å². The highest BCUT2D eigenvalue weighted by molar-refractivity contribution is 9.10.